The summed E-state index contributed by atoms with van der Waals surface area (Å²) in [5, 5.41) is 17.9. The highest BCUT2D eigenvalue weighted by molar-refractivity contribution is 5.90. The molecular formula is C70H94N6O6. The van der Waals surface area contributed by atoms with Gasteiger partial charge in [-0.15, -0.1) is 0 Å². The summed E-state index contributed by atoms with van der Waals surface area (Å²) in [5.74, 6) is 1.46. The van der Waals surface area contributed by atoms with E-state index in [-0.39, 0.29) is 73.8 Å². The van der Waals surface area contributed by atoms with Gasteiger partial charge in [0.1, 0.15) is 37.1 Å². The summed E-state index contributed by atoms with van der Waals surface area (Å²) in [6.07, 6.45) is 0. The Balaban J connectivity index is 1.68. The Morgan fingerprint density at radius 3 is 0.780 bits per heavy atom. The van der Waals surface area contributed by atoms with Crippen LogP contribution in [-0.4, -0.2) is 57.5 Å². The van der Waals surface area contributed by atoms with Gasteiger partial charge in [0.15, 0.2) is 0 Å². The van der Waals surface area contributed by atoms with Crippen LogP contribution in [0.3, 0.4) is 0 Å². The van der Waals surface area contributed by atoms with Gasteiger partial charge in [-0.2, -0.15) is 0 Å². The predicted octanol–water partition coefficient (Wildman–Crippen LogP) is 16.3. The lowest BCUT2D eigenvalue weighted by molar-refractivity contribution is 0.246. The Morgan fingerprint density at radius 2 is 0.573 bits per heavy atom. The molecule has 6 aromatic rings. The summed E-state index contributed by atoms with van der Waals surface area (Å²) in [7, 11) is 0. The number of nitrogens with one attached hydrogen (secondary N) is 6. The normalized spacial score (nSPS) is 12.3. The van der Waals surface area contributed by atoms with E-state index in [0.717, 1.165) is 50.1 Å². The average molecular weight is 1120 g/mol. The first-order valence-electron chi connectivity index (χ1n) is 29.0. The number of hydrogen-bond donors (Lipinski definition) is 6. The third-order valence-electron chi connectivity index (χ3n) is 14.3. The molecule has 0 aromatic heterocycles. The fraction of sp³-hybridized carbons (Fsp3) is 0.443. The highest BCUT2D eigenvalue weighted by atomic mass is 16.5. The van der Waals surface area contributed by atoms with Crippen molar-refractivity contribution in [2.45, 2.75) is 163 Å². The van der Waals surface area contributed by atoms with E-state index in [2.05, 4.69) is 193 Å². The minimum atomic E-state index is -0.631. The summed E-state index contributed by atoms with van der Waals surface area (Å²) >= 11 is 0. The lowest BCUT2D eigenvalue weighted by atomic mass is 9.70. The smallest absolute Gasteiger partial charge is 0.319 e. The number of ether oxygens (including phenoxy) is 3. The van der Waals surface area contributed by atoms with Gasteiger partial charge in [-0.25, -0.2) is 14.4 Å². The van der Waals surface area contributed by atoms with Gasteiger partial charge in [-0.3, -0.25) is 0 Å². The standard InChI is InChI=1S/C70H94N6O6/c1-65(2,3)46-40-52(59(55(43-46)68(10,11)12)80-37-34-71-62(77)74-49-28-22-19-23-29-49)58(53-41-47(66(4,5)6)44-56(69(13,14)15)60(53)81-38-35-72-63(78)75-50-30-24-20-25-31-50)54-42-48(67(7,8)9)45-57(70(16,17)18)61(54)82-39-36-73-64(79)76-51-32-26-21-27-33-51/h19-33,40-45,58H,34-39H2,1-18H3,(H2,71,74,77)(H2,72,75,78)(H2,73,76,79). The van der Waals surface area contributed by atoms with Crippen LogP contribution in [0.25, 0.3) is 0 Å². The molecule has 440 valence electrons. The Labute approximate surface area is 490 Å². The summed E-state index contributed by atoms with van der Waals surface area (Å²) < 4.78 is 21.8. The molecule has 0 saturated carbocycles. The van der Waals surface area contributed by atoms with Gasteiger partial charge < -0.3 is 46.1 Å². The zero-order chi connectivity index (χ0) is 60.4. The molecule has 0 fully saturated rings. The van der Waals surface area contributed by atoms with E-state index in [1.165, 1.54) is 0 Å². The van der Waals surface area contributed by atoms with Gasteiger partial charge in [0.2, 0.25) is 0 Å². The van der Waals surface area contributed by atoms with Crippen molar-refractivity contribution in [3.05, 3.63) is 177 Å². The van der Waals surface area contributed by atoms with Gasteiger partial charge in [-0.05, 0) is 85.6 Å². The van der Waals surface area contributed by atoms with E-state index >= 15 is 0 Å². The SMILES string of the molecule is CC(C)(C)c1cc(C(c2cc(C(C)(C)C)cc(C(C)(C)C)c2OCCNC(=O)Nc2ccccc2)c2cc(C(C)(C)C)cc(C(C)(C)C)c2OCCNC(=O)Nc2ccccc2)c(OCCNC(=O)Nc2ccccc2)c(C(C)(C)C)c1. The zero-order valence-corrected chi connectivity index (χ0v) is 52.4. The predicted molar refractivity (Wildman–Crippen MR) is 339 cm³/mol. The molecule has 82 heavy (non-hydrogen) atoms. The number of anilines is 3. The monoisotopic (exact) mass is 1110 g/mol. The van der Waals surface area contributed by atoms with Crippen LogP contribution >= 0.6 is 0 Å². The molecule has 0 aliphatic carbocycles. The fourth-order valence-electron chi connectivity index (χ4n) is 9.60. The first kappa shape index (κ1) is 63.7. The van der Waals surface area contributed by atoms with E-state index < -0.39 is 22.2 Å². The molecule has 6 N–H and O–H groups in total. The Kier molecular flexibility index (Phi) is 20.3. The molecule has 0 heterocycles. The van der Waals surface area contributed by atoms with Gasteiger partial charge >= 0.3 is 18.1 Å². The minimum Gasteiger partial charge on any atom is -0.491 e. The third-order valence-corrected chi connectivity index (χ3v) is 14.3. The van der Waals surface area contributed by atoms with Crippen LogP contribution in [0, 0.1) is 0 Å². The Morgan fingerprint density at radius 1 is 0.341 bits per heavy atom. The summed E-state index contributed by atoms with van der Waals surface area (Å²) in [6.45, 7) is 41.2. The molecule has 6 amide bonds. The van der Waals surface area contributed by atoms with Gasteiger partial charge in [0.05, 0.1) is 19.6 Å². The van der Waals surface area contributed by atoms with Gasteiger partial charge in [-0.1, -0.05) is 216 Å². The number of urea groups is 3. The second-order valence-corrected chi connectivity index (χ2v) is 27.5. The molecule has 0 unspecified atom stereocenters. The summed E-state index contributed by atoms with van der Waals surface area (Å²) in [5.41, 5.74) is 8.87. The fourth-order valence-corrected chi connectivity index (χ4v) is 9.60. The molecule has 0 saturated heterocycles. The van der Waals surface area contributed by atoms with Crippen molar-refractivity contribution in [3.63, 3.8) is 0 Å². The van der Waals surface area contributed by atoms with Crippen LogP contribution in [0.4, 0.5) is 31.4 Å². The van der Waals surface area contributed by atoms with E-state index in [4.69, 9.17) is 14.2 Å². The quantitative estimate of drug-likeness (QED) is 0.0373. The van der Waals surface area contributed by atoms with Crippen molar-refractivity contribution in [3.8, 4) is 17.2 Å². The molecule has 0 aliphatic heterocycles. The van der Waals surface area contributed by atoms with E-state index in [0.29, 0.717) is 34.3 Å². The number of carbonyl (C=O) groups is 3. The largest absolute Gasteiger partial charge is 0.491 e. The van der Waals surface area contributed by atoms with Crippen LogP contribution in [0.5, 0.6) is 17.2 Å². The second kappa shape index (κ2) is 26.2. The topological polar surface area (TPSA) is 151 Å². The molecule has 0 aliphatic rings. The maximum absolute atomic E-state index is 13.4. The zero-order valence-electron chi connectivity index (χ0n) is 52.4. The summed E-state index contributed by atoms with van der Waals surface area (Å²) in [4.78, 5) is 40.1. The van der Waals surface area contributed by atoms with Crippen molar-refractivity contribution in [2.75, 3.05) is 55.4 Å². The van der Waals surface area contributed by atoms with Crippen molar-refractivity contribution in [1.29, 1.82) is 0 Å². The number of amides is 6. The number of hydrogen-bond acceptors (Lipinski definition) is 6. The minimum absolute atomic E-state index is 0.157. The Hall–Kier alpha value is -7.47. The van der Waals surface area contributed by atoms with Gasteiger partial charge in [0, 0.05) is 56.4 Å². The maximum Gasteiger partial charge on any atom is 0.319 e. The summed E-state index contributed by atoms with van der Waals surface area (Å²) in [6, 6.07) is 40.9. The van der Waals surface area contributed by atoms with Crippen molar-refractivity contribution in [1.82, 2.24) is 16.0 Å². The second-order valence-electron chi connectivity index (χ2n) is 27.5. The first-order valence-corrected chi connectivity index (χ1v) is 29.0. The van der Waals surface area contributed by atoms with Crippen LogP contribution in [0.2, 0.25) is 0 Å². The molecule has 6 aromatic carbocycles. The highest BCUT2D eigenvalue weighted by Crippen LogP contribution is 2.53. The molecule has 0 atom stereocenters. The lowest BCUT2D eigenvalue weighted by Gasteiger charge is -2.37. The molecular weight excluding hydrogens is 1020 g/mol. The third kappa shape index (κ3) is 17.5. The average Bonchev–Trinajstić information content (AvgIpc) is 1.09. The molecule has 0 spiro atoms. The van der Waals surface area contributed by atoms with Crippen molar-refractivity contribution >= 4 is 35.2 Å². The van der Waals surface area contributed by atoms with E-state index in [1.807, 2.05) is 91.0 Å². The molecule has 0 bridgehead atoms. The van der Waals surface area contributed by atoms with Crippen molar-refractivity contribution in [2.24, 2.45) is 0 Å². The molecule has 12 nitrogen and oxygen atoms in total. The van der Waals surface area contributed by atoms with Crippen LogP contribution in [0.15, 0.2) is 127 Å². The van der Waals surface area contributed by atoms with Crippen molar-refractivity contribution < 1.29 is 28.6 Å². The Bertz CT molecular complexity index is 2780. The number of benzene rings is 6. The highest BCUT2D eigenvalue weighted by Gasteiger charge is 2.38. The van der Waals surface area contributed by atoms with E-state index in [1.54, 1.807) is 0 Å². The van der Waals surface area contributed by atoms with Crippen LogP contribution in [-0.2, 0) is 32.5 Å². The van der Waals surface area contributed by atoms with Crippen LogP contribution < -0.4 is 46.1 Å². The lowest BCUT2D eigenvalue weighted by Crippen LogP contribution is -2.33. The number of para-hydroxylation sites is 3. The molecule has 6 rings (SSSR count). The molecule has 0 radical (unpaired) electrons. The maximum atomic E-state index is 13.4. The van der Waals surface area contributed by atoms with E-state index in [9.17, 15) is 14.4 Å². The van der Waals surface area contributed by atoms with Crippen LogP contribution in [0.1, 0.15) is 181 Å². The number of carbonyl (C=O) groups excluding carboxylic acids is 3. The molecule has 12 heteroatoms. The van der Waals surface area contributed by atoms with Gasteiger partial charge in [0.25, 0.3) is 0 Å². The number of rotatable bonds is 18. The first-order chi connectivity index (χ1) is 38.2.